The van der Waals surface area contributed by atoms with Gasteiger partial charge < -0.3 is 11.1 Å². The van der Waals surface area contributed by atoms with Crippen molar-refractivity contribution in [2.45, 2.75) is 31.2 Å². The molecule has 1 rings (SSSR count). The molecule has 0 bridgehead atoms. The molecule has 1 aromatic carbocycles. The summed E-state index contributed by atoms with van der Waals surface area (Å²) in [5.74, 6) is -0.602. The minimum atomic E-state index is -3.61. The molecule has 0 radical (unpaired) electrons. The summed E-state index contributed by atoms with van der Waals surface area (Å²) in [4.78, 5) is 11.4. The molecule has 0 spiro atoms. The Hall–Kier alpha value is -1.27. The van der Waals surface area contributed by atoms with Crippen molar-refractivity contribution in [2.75, 3.05) is 11.5 Å². The van der Waals surface area contributed by atoms with Crippen LogP contribution in [0.5, 0.6) is 0 Å². The number of benzene rings is 1. The van der Waals surface area contributed by atoms with Crippen LogP contribution in [0, 0.1) is 0 Å². The van der Waals surface area contributed by atoms with E-state index in [1.54, 1.807) is 13.8 Å². The van der Waals surface area contributed by atoms with Crippen LogP contribution in [-0.4, -0.2) is 26.1 Å². The molecular formula is C12H17ClN2O3S. The highest BCUT2D eigenvalue weighted by Crippen LogP contribution is 2.24. The molecule has 3 N–H and O–H groups in total. The summed E-state index contributed by atoms with van der Waals surface area (Å²) < 4.78 is 24.2. The van der Waals surface area contributed by atoms with Crippen molar-refractivity contribution >= 4 is 33.0 Å². The number of amides is 1. The second kappa shape index (κ2) is 6.25. The monoisotopic (exact) mass is 304 g/mol. The third-order valence-electron chi connectivity index (χ3n) is 2.36. The Balaban J connectivity index is 2.82. The molecule has 7 heteroatoms. The Labute approximate surface area is 118 Å². The predicted octanol–water partition coefficient (Wildman–Crippen LogP) is 1.61. The second-order valence-electron chi connectivity index (χ2n) is 4.47. The van der Waals surface area contributed by atoms with Gasteiger partial charge in [-0.3, -0.25) is 4.79 Å². The Bertz CT molecular complexity index is 570. The quantitative estimate of drug-likeness (QED) is 0.809. The Kier molecular flexibility index (Phi) is 5.20. The highest BCUT2D eigenvalue weighted by atomic mass is 35.5. The maximum atomic E-state index is 12.1. The number of nitrogen functional groups attached to an aromatic ring is 1. The van der Waals surface area contributed by atoms with Gasteiger partial charge in [0, 0.05) is 17.5 Å². The summed E-state index contributed by atoms with van der Waals surface area (Å²) >= 11 is 5.76. The number of anilines is 1. The summed E-state index contributed by atoms with van der Waals surface area (Å²) in [5.41, 5.74) is 5.76. The van der Waals surface area contributed by atoms with E-state index in [9.17, 15) is 13.2 Å². The molecule has 0 atom stereocenters. The van der Waals surface area contributed by atoms with E-state index in [0.717, 1.165) is 0 Å². The second-order valence-corrected chi connectivity index (χ2v) is 6.99. The van der Waals surface area contributed by atoms with Crippen LogP contribution in [0.25, 0.3) is 0 Å². The van der Waals surface area contributed by atoms with Gasteiger partial charge in [-0.25, -0.2) is 8.42 Å². The van der Waals surface area contributed by atoms with Crippen LogP contribution in [-0.2, 0) is 14.6 Å². The normalized spacial score (nSPS) is 11.6. The number of nitrogens with one attached hydrogen (secondary N) is 1. The highest BCUT2D eigenvalue weighted by molar-refractivity contribution is 7.91. The molecule has 1 aromatic rings. The van der Waals surface area contributed by atoms with Crippen LogP contribution in [0.1, 0.15) is 20.3 Å². The number of nitrogens with two attached hydrogens (primary N) is 1. The van der Waals surface area contributed by atoms with Crippen molar-refractivity contribution in [1.82, 2.24) is 5.32 Å². The minimum Gasteiger partial charge on any atom is -0.398 e. The summed E-state index contributed by atoms with van der Waals surface area (Å²) in [5, 5.41) is 2.92. The number of hydrogen-bond donors (Lipinski definition) is 2. The van der Waals surface area contributed by atoms with Crippen molar-refractivity contribution in [3.05, 3.63) is 23.2 Å². The zero-order chi connectivity index (χ0) is 14.6. The summed E-state index contributed by atoms with van der Waals surface area (Å²) in [6.45, 7) is 3.61. The van der Waals surface area contributed by atoms with Crippen molar-refractivity contribution in [3.63, 3.8) is 0 Å². The molecule has 106 valence electrons. The third kappa shape index (κ3) is 4.72. The average molecular weight is 305 g/mol. The van der Waals surface area contributed by atoms with Gasteiger partial charge in [-0.05, 0) is 32.0 Å². The maximum Gasteiger partial charge on any atom is 0.221 e. The van der Waals surface area contributed by atoms with Gasteiger partial charge in [0.2, 0.25) is 5.91 Å². The molecule has 0 aliphatic heterocycles. The number of sulfone groups is 1. The summed E-state index contributed by atoms with van der Waals surface area (Å²) in [7, 11) is -3.61. The summed E-state index contributed by atoms with van der Waals surface area (Å²) in [6.07, 6.45) is -0.105. The van der Waals surface area contributed by atoms with E-state index >= 15 is 0 Å². The molecule has 0 aromatic heterocycles. The van der Waals surface area contributed by atoms with E-state index in [2.05, 4.69) is 5.32 Å². The molecule has 0 aliphatic carbocycles. The zero-order valence-corrected chi connectivity index (χ0v) is 12.4. The van der Waals surface area contributed by atoms with Crippen LogP contribution in [0.2, 0.25) is 5.02 Å². The molecule has 1 amide bonds. The number of hydrogen-bond acceptors (Lipinski definition) is 4. The molecule has 0 unspecified atom stereocenters. The van der Waals surface area contributed by atoms with E-state index in [-0.39, 0.29) is 34.7 Å². The molecule has 0 heterocycles. The smallest absolute Gasteiger partial charge is 0.221 e. The Morgan fingerprint density at radius 2 is 2.05 bits per heavy atom. The lowest BCUT2D eigenvalue weighted by molar-refractivity contribution is -0.121. The van der Waals surface area contributed by atoms with E-state index < -0.39 is 9.84 Å². The summed E-state index contributed by atoms with van der Waals surface area (Å²) in [6, 6.07) is 4.23. The fraction of sp³-hybridized carbons (Fsp3) is 0.417. The first-order valence-electron chi connectivity index (χ1n) is 5.79. The van der Waals surface area contributed by atoms with Crippen LogP contribution in [0.3, 0.4) is 0 Å². The van der Waals surface area contributed by atoms with E-state index in [4.69, 9.17) is 17.3 Å². The fourth-order valence-corrected chi connectivity index (χ4v) is 3.15. The van der Waals surface area contributed by atoms with Gasteiger partial charge in [0.1, 0.15) is 0 Å². The fourth-order valence-electron chi connectivity index (χ4n) is 1.51. The first kappa shape index (κ1) is 15.8. The van der Waals surface area contributed by atoms with Crippen LogP contribution >= 0.6 is 11.6 Å². The van der Waals surface area contributed by atoms with E-state index in [1.165, 1.54) is 18.2 Å². The number of carbonyl (C=O) groups is 1. The van der Waals surface area contributed by atoms with Gasteiger partial charge in [-0.15, -0.1) is 0 Å². The molecule has 5 nitrogen and oxygen atoms in total. The van der Waals surface area contributed by atoms with Gasteiger partial charge in [0.05, 0.1) is 16.3 Å². The maximum absolute atomic E-state index is 12.1. The largest absolute Gasteiger partial charge is 0.398 e. The Morgan fingerprint density at radius 3 is 2.63 bits per heavy atom. The number of rotatable bonds is 5. The zero-order valence-electron chi connectivity index (χ0n) is 10.8. The average Bonchev–Trinajstić information content (AvgIpc) is 2.29. The molecule has 0 saturated heterocycles. The lowest BCUT2D eigenvalue weighted by Gasteiger charge is -2.10. The van der Waals surface area contributed by atoms with E-state index in [1.807, 2.05) is 0 Å². The van der Waals surface area contributed by atoms with E-state index in [0.29, 0.717) is 5.02 Å². The molecule has 0 saturated carbocycles. The van der Waals surface area contributed by atoms with Gasteiger partial charge in [-0.1, -0.05) is 11.6 Å². The Morgan fingerprint density at radius 1 is 1.42 bits per heavy atom. The lowest BCUT2D eigenvalue weighted by Crippen LogP contribution is -2.31. The van der Waals surface area contributed by atoms with Crippen molar-refractivity contribution < 1.29 is 13.2 Å². The predicted molar refractivity (Wildman–Crippen MR) is 75.8 cm³/mol. The first-order chi connectivity index (χ1) is 8.72. The van der Waals surface area contributed by atoms with Crippen LogP contribution < -0.4 is 11.1 Å². The molecule has 0 fully saturated rings. The number of carbonyl (C=O) groups excluding carboxylic acids is 1. The third-order valence-corrected chi connectivity index (χ3v) is 4.36. The van der Waals surface area contributed by atoms with Gasteiger partial charge in [-0.2, -0.15) is 0 Å². The van der Waals surface area contributed by atoms with Gasteiger partial charge in [0.15, 0.2) is 9.84 Å². The van der Waals surface area contributed by atoms with Crippen molar-refractivity contribution in [2.24, 2.45) is 0 Å². The number of halogens is 1. The highest BCUT2D eigenvalue weighted by Gasteiger charge is 2.19. The first-order valence-corrected chi connectivity index (χ1v) is 7.82. The SMILES string of the molecule is CC(C)NC(=O)CCS(=O)(=O)c1cc(Cl)ccc1N. The molecular weight excluding hydrogens is 288 g/mol. The van der Waals surface area contributed by atoms with Gasteiger partial charge >= 0.3 is 0 Å². The van der Waals surface area contributed by atoms with Crippen LogP contribution in [0.15, 0.2) is 23.1 Å². The molecule has 0 aliphatic rings. The van der Waals surface area contributed by atoms with Crippen molar-refractivity contribution in [3.8, 4) is 0 Å². The molecule has 19 heavy (non-hydrogen) atoms. The lowest BCUT2D eigenvalue weighted by atomic mass is 10.3. The van der Waals surface area contributed by atoms with Gasteiger partial charge in [0.25, 0.3) is 0 Å². The topological polar surface area (TPSA) is 89.3 Å². The van der Waals surface area contributed by atoms with Crippen LogP contribution in [0.4, 0.5) is 5.69 Å². The standard InChI is InChI=1S/C12H17ClN2O3S/c1-8(2)15-12(16)5-6-19(17,18)11-7-9(13)3-4-10(11)14/h3-4,7-8H,5-6,14H2,1-2H3,(H,15,16). The van der Waals surface area contributed by atoms with Crippen molar-refractivity contribution in [1.29, 1.82) is 0 Å². The minimum absolute atomic E-state index is 0.0218.